The van der Waals surface area contributed by atoms with E-state index in [0.717, 1.165) is 11.4 Å². The van der Waals surface area contributed by atoms with E-state index >= 15 is 0 Å². The second kappa shape index (κ2) is 8.64. The Labute approximate surface area is 162 Å². The number of para-hydroxylation sites is 3. The Morgan fingerprint density at radius 2 is 1.89 bits per heavy atom. The first kappa shape index (κ1) is 18.9. The molecule has 1 heterocycles. The van der Waals surface area contributed by atoms with E-state index in [0.29, 0.717) is 18.8 Å². The number of hydrogen-bond acceptors (Lipinski definition) is 6. The number of aromatic nitrogens is 1. The molecule has 0 aliphatic carbocycles. The van der Waals surface area contributed by atoms with Gasteiger partial charge < -0.3 is 25.1 Å². The van der Waals surface area contributed by atoms with E-state index in [-0.39, 0.29) is 16.9 Å². The fourth-order valence-corrected chi connectivity index (χ4v) is 2.81. The Morgan fingerprint density at radius 3 is 2.61 bits per heavy atom. The average Bonchev–Trinajstić information content (AvgIpc) is 3.08. The van der Waals surface area contributed by atoms with E-state index in [1.54, 1.807) is 4.57 Å². The van der Waals surface area contributed by atoms with Crippen molar-refractivity contribution in [2.75, 3.05) is 31.3 Å². The lowest BCUT2D eigenvalue weighted by atomic mass is 10.2. The van der Waals surface area contributed by atoms with Crippen molar-refractivity contribution in [1.82, 2.24) is 4.57 Å². The minimum atomic E-state index is -0.610. The van der Waals surface area contributed by atoms with Crippen LogP contribution >= 0.6 is 0 Å². The van der Waals surface area contributed by atoms with E-state index in [9.17, 15) is 10.1 Å². The number of nitriles is 1. The summed E-state index contributed by atoms with van der Waals surface area (Å²) in [6.07, 6.45) is 1.53. The standard InChI is InChI=1S/C21H20N4O3/c1-27-21(26)20-19(23)15(13-22)14-25(20)18-10-6-5-9-17(18)24-11-12-28-16-7-3-2-4-8-16/h2-10,14,24H,11-12,23H2,1H3. The molecule has 0 radical (unpaired) electrons. The molecule has 7 nitrogen and oxygen atoms in total. The number of nitrogen functional groups attached to an aromatic ring is 1. The molecule has 0 spiro atoms. The molecular weight excluding hydrogens is 356 g/mol. The molecule has 0 fully saturated rings. The van der Waals surface area contributed by atoms with Crippen LogP contribution in [0.15, 0.2) is 60.8 Å². The SMILES string of the molecule is COC(=O)c1c(N)c(C#N)cn1-c1ccccc1NCCOc1ccccc1. The number of anilines is 2. The van der Waals surface area contributed by atoms with E-state index < -0.39 is 5.97 Å². The van der Waals surface area contributed by atoms with Crippen LogP contribution in [0.1, 0.15) is 16.1 Å². The van der Waals surface area contributed by atoms with Gasteiger partial charge in [0.2, 0.25) is 0 Å². The molecule has 0 saturated heterocycles. The normalized spacial score (nSPS) is 10.1. The molecule has 0 saturated carbocycles. The molecule has 7 heteroatoms. The van der Waals surface area contributed by atoms with Gasteiger partial charge in [0.25, 0.3) is 0 Å². The van der Waals surface area contributed by atoms with Gasteiger partial charge in [-0.2, -0.15) is 5.26 Å². The molecule has 142 valence electrons. The molecule has 28 heavy (non-hydrogen) atoms. The zero-order chi connectivity index (χ0) is 19.9. The summed E-state index contributed by atoms with van der Waals surface area (Å²) in [6, 6.07) is 19.0. The topological polar surface area (TPSA) is 102 Å². The van der Waals surface area contributed by atoms with Crippen molar-refractivity contribution >= 4 is 17.3 Å². The molecule has 1 aromatic heterocycles. The van der Waals surface area contributed by atoms with Gasteiger partial charge in [0.15, 0.2) is 5.69 Å². The van der Waals surface area contributed by atoms with Crippen LogP contribution in [0.3, 0.4) is 0 Å². The molecule has 2 aromatic carbocycles. The summed E-state index contributed by atoms with van der Waals surface area (Å²) < 4.78 is 12.1. The maximum absolute atomic E-state index is 12.2. The summed E-state index contributed by atoms with van der Waals surface area (Å²) >= 11 is 0. The van der Waals surface area contributed by atoms with Gasteiger partial charge in [0, 0.05) is 12.7 Å². The fraction of sp³-hybridized carbons (Fsp3) is 0.143. The fourth-order valence-electron chi connectivity index (χ4n) is 2.81. The van der Waals surface area contributed by atoms with Gasteiger partial charge >= 0.3 is 5.97 Å². The number of nitrogens with zero attached hydrogens (tertiary/aromatic N) is 2. The minimum absolute atomic E-state index is 0.0940. The number of nitrogens with one attached hydrogen (secondary N) is 1. The number of carbonyl (C=O) groups excluding carboxylic acids is 1. The smallest absolute Gasteiger partial charge is 0.357 e. The van der Waals surface area contributed by atoms with Gasteiger partial charge in [-0.3, -0.25) is 0 Å². The van der Waals surface area contributed by atoms with Crippen molar-refractivity contribution in [3.63, 3.8) is 0 Å². The molecule has 0 bridgehead atoms. The van der Waals surface area contributed by atoms with Crippen molar-refractivity contribution in [1.29, 1.82) is 5.26 Å². The van der Waals surface area contributed by atoms with E-state index in [1.165, 1.54) is 13.3 Å². The first-order chi connectivity index (χ1) is 13.7. The highest BCUT2D eigenvalue weighted by Crippen LogP contribution is 2.28. The zero-order valence-corrected chi connectivity index (χ0v) is 15.4. The maximum atomic E-state index is 12.2. The minimum Gasteiger partial charge on any atom is -0.492 e. The van der Waals surface area contributed by atoms with Crippen molar-refractivity contribution in [2.24, 2.45) is 0 Å². The molecule has 3 rings (SSSR count). The van der Waals surface area contributed by atoms with Crippen LogP contribution < -0.4 is 15.8 Å². The Bertz CT molecular complexity index is 1010. The summed E-state index contributed by atoms with van der Waals surface area (Å²) in [6.45, 7) is 1.00. The van der Waals surface area contributed by atoms with Gasteiger partial charge in [-0.15, -0.1) is 0 Å². The van der Waals surface area contributed by atoms with Gasteiger partial charge in [-0.1, -0.05) is 30.3 Å². The second-order valence-electron chi connectivity index (χ2n) is 5.88. The third-order valence-corrected chi connectivity index (χ3v) is 4.14. The van der Waals surface area contributed by atoms with Crippen LogP contribution in [-0.4, -0.2) is 30.8 Å². The largest absolute Gasteiger partial charge is 0.492 e. The van der Waals surface area contributed by atoms with E-state index in [2.05, 4.69) is 5.32 Å². The van der Waals surface area contributed by atoms with E-state index in [4.69, 9.17) is 15.2 Å². The van der Waals surface area contributed by atoms with Crippen LogP contribution in [0.25, 0.3) is 5.69 Å². The Balaban J connectivity index is 1.83. The average molecular weight is 376 g/mol. The molecule has 0 atom stereocenters. The number of methoxy groups -OCH3 is 1. The summed E-state index contributed by atoms with van der Waals surface area (Å²) in [5.74, 6) is 0.184. The summed E-state index contributed by atoms with van der Waals surface area (Å²) in [5.41, 5.74) is 7.85. The van der Waals surface area contributed by atoms with Crippen LogP contribution in [0.4, 0.5) is 11.4 Å². The number of nitrogens with two attached hydrogens (primary N) is 1. The maximum Gasteiger partial charge on any atom is 0.357 e. The van der Waals surface area contributed by atoms with Crippen molar-refractivity contribution in [3.8, 4) is 17.5 Å². The lowest BCUT2D eigenvalue weighted by Gasteiger charge is -2.15. The first-order valence-corrected chi connectivity index (χ1v) is 8.66. The number of hydrogen-bond donors (Lipinski definition) is 2. The number of esters is 1. The predicted molar refractivity (Wildman–Crippen MR) is 107 cm³/mol. The monoisotopic (exact) mass is 376 g/mol. The second-order valence-corrected chi connectivity index (χ2v) is 5.88. The highest BCUT2D eigenvalue weighted by atomic mass is 16.5. The van der Waals surface area contributed by atoms with Gasteiger partial charge in [0.1, 0.15) is 18.4 Å². The summed E-state index contributed by atoms with van der Waals surface area (Å²) in [7, 11) is 1.27. The number of benzene rings is 2. The highest BCUT2D eigenvalue weighted by Gasteiger charge is 2.22. The Hall–Kier alpha value is -3.92. The number of rotatable bonds is 7. The van der Waals surface area contributed by atoms with Gasteiger partial charge in [-0.25, -0.2) is 4.79 Å². The highest BCUT2D eigenvalue weighted by molar-refractivity contribution is 5.96. The molecule has 0 aliphatic heterocycles. The van der Waals surface area contributed by atoms with Crippen LogP contribution in [0.2, 0.25) is 0 Å². The number of carbonyl (C=O) groups is 1. The van der Waals surface area contributed by atoms with Crippen molar-refractivity contribution in [3.05, 3.63) is 72.1 Å². The predicted octanol–water partition coefficient (Wildman–Crippen LogP) is 3.21. The quantitative estimate of drug-likeness (QED) is 0.485. The Morgan fingerprint density at radius 1 is 1.18 bits per heavy atom. The summed E-state index contributed by atoms with van der Waals surface area (Å²) in [5, 5.41) is 12.6. The van der Waals surface area contributed by atoms with Gasteiger partial charge in [0.05, 0.1) is 29.7 Å². The molecule has 0 aliphatic rings. The molecule has 3 aromatic rings. The molecule has 0 unspecified atom stereocenters. The molecule has 3 N–H and O–H groups in total. The molecular formula is C21H20N4O3. The van der Waals surface area contributed by atoms with Crippen LogP contribution in [-0.2, 0) is 4.74 Å². The lowest BCUT2D eigenvalue weighted by molar-refractivity contribution is 0.0593. The third-order valence-electron chi connectivity index (χ3n) is 4.14. The number of ether oxygens (including phenoxy) is 2. The van der Waals surface area contributed by atoms with E-state index in [1.807, 2.05) is 60.7 Å². The third kappa shape index (κ3) is 3.91. The Kier molecular flexibility index (Phi) is 5.82. The van der Waals surface area contributed by atoms with Crippen molar-refractivity contribution < 1.29 is 14.3 Å². The molecule has 0 amide bonds. The lowest BCUT2D eigenvalue weighted by Crippen LogP contribution is -2.15. The van der Waals surface area contributed by atoms with Gasteiger partial charge in [-0.05, 0) is 24.3 Å². The van der Waals surface area contributed by atoms with Crippen LogP contribution in [0.5, 0.6) is 5.75 Å². The summed E-state index contributed by atoms with van der Waals surface area (Å²) in [4.78, 5) is 12.2. The van der Waals surface area contributed by atoms with Crippen molar-refractivity contribution in [2.45, 2.75) is 0 Å². The first-order valence-electron chi connectivity index (χ1n) is 8.66. The van der Waals surface area contributed by atoms with Crippen LogP contribution in [0, 0.1) is 11.3 Å². The zero-order valence-electron chi connectivity index (χ0n) is 15.4.